The molecule has 3 aliphatic rings. The van der Waals surface area contributed by atoms with Crippen molar-refractivity contribution in [1.82, 2.24) is 19.8 Å². The van der Waals surface area contributed by atoms with E-state index in [1.165, 1.54) is 10.9 Å². The van der Waals surface area contributed by atoms with Gasteiger partial charge < -0.3 is 38.7 Å². The van der Waals surface area contributed by atoms with E-state index in [0.29, 0.717) is 38.8 Å². The van der Waals surface area contributed by atoms with E-state index in [1.807, 2.05) is 30.3 Å². The number of piperazine rings is 1. The second-order valence-corrected chi connectivity index (χ2v) is 12.7. The monoisotopic (exact) mass is 637 g/mol. The van der Waals surface area contributed by atoms with E-state index >= 15 is 0 Å². The molecule has 47 heavy (non-hydrogen) atoms. The Morgan fingerprint density at radius 1 is 0.894 bits per heavy atom. The van der Waals surface area contributed by atoms with Crippen molar-refractivity contribution in [3.8, 4) is 5.75 Å². The molecule has 0 atom stereocenters. The van der Waals surface area contributed by atoms with Crippen LogP contribution >= 0.6 is 0 Å². The highest BCUT2D eigenvalue weighted by Gasteiger charge is 2.34. The van der Waals surface area contributed by atoms with Crippen LogP contribution in [0.5, 0.6) is 5.75 Å². The van der Waals surface area contributed by atoms with Crippen molar-refractivity contribution in [2.24, 2.45) is 0 Å². The molecular weight excluding hydrogens is 594 g/mol. The van der Waals surface area contributed by atoms with Crippen LogP contribution in [0.2, 0.25) is 0 Å². The number of hydrogen-bond donors (Lipinski definition) is 0. The van der Waals surface area contributed by atoms with Gasteiger partial charge in [0.2, 0.25) is 5.95 Å². The number of amides is 1. The van der Waals surface area contributed by atoms with Gasteiger partial charge in [-0.15, -0.1) is 0 Å². The Kier molecular flexibility index (Phi) is 8.99. The Bertz CT molecular complexity index is 1700. The molecule has 1 aromatic heterocycles. The van der Waals surface area contributed by atoms with Crippen LogP contribution in [-0.4, -0.2) is 106 Å². The number of carbonyl (C=O) groups is 1. The number of nitrogens with zero attached hydrogens (tertiary/aromatic N) is 7. The molecule has 3 aliphatic heterocycles. The smallest absolute Gasteiger partial charge is 0.410 e. The highest BCUT2D eigenvalue weighted by atomic mass is 16.7. The number of carbonyl (C=O) groups excluding carboxylic acids is 1. The maximum Gasteiger partial charge on any atom is 0.410 e. The first kappa shape index (κ1) is 31.0. The second-order valence-electron chi connectivity index (χ2n) is 12.7. The molecular formula is C36H43N7O4. The van der Waals surface area contributed by atoms with E-state index in [9.17, 15) is 4.79 Å². The molecule has 0 aliphatic carbocycles. The first-order valence-electron chi connectivity index (χ1n) is 16.4. The molecule has 0 spiro atoms. The van der Waals surface area contributed by atoms with Crippen LogP contribution < -0.4 is 19.4 Å². The van der Waals surface area contributed by atoms with Crippen molar-refractivity contribution in [2.75, 3.05) is 88.5 Å². The summed E-state index contributed by atoms with van der Waals surface area (Å²) in [7, 11) is 5.88. The highest BCUT2D eigenvalue weighted by molar-refractivity contribution is 5.96. The van der Waals surface area contributed by atoms with Gasteiger partial charge in [-0.1, -0.05) is 54.6 Å². The fourth-order valence-corrected chi connectivity index (χ4v) is 6.60. The minimum absolute atomic E-state index is 0.197. The molecule has 4 aromatic rings. The maximum atomic E-state index is 12.9. The molecule has 246 valence electrons. The number of likely N-dealkylation sites (N-methyl/N-ethyl adjacent to an activating group) is 1. The molecule has 0 saturated carbocycles. The van der Waals surface area contributed by atoms with E-state index in [4.69, 9.17) is 24.2 Å². The molecule has 7 rings (SSSR count). The third kappa shape index (κ3) is 6.63. The zero-order valence-electron chi connectivity index (χ0n) is 27.5. The lowest BCUT2D eigenvalue weighted by Gasteiger charge is -2.44. The van der Waals surface area contributed by atoms with E-state index in [0.717, 1.165) is 65.9 Å². The summed E-state index contributed by atoms with van der Waals surface area (Å²) in [6, 6.07) is 22.9. The van der Waals surface area contributed by atoms with Crippen molar-refractivity contribution in [1.29, 1.82) is 0 Å². The van der Waals surface area contributed by atoms with Crippen LogP contribution in [0.4, 0.5) is 22.2 Å². The Morgan fingerprint density at radius 3 is 2.43 bits per heavy atom. The normalized spacial score (nSPS) is 16.8. The van der Waals surface area contributed by atoms with E-state index in [1.54, 1.807) is 12.0 Å². The molecule has 4 heterocycles. The molecule has 2 fully saturated rings. The molecule has 1 amide bonds. The summed E-state index contributed by atoms with van der Waals surface area (Å²) in [4.78, 5) is 34.4. The van der Waals surface area contributed by atoms with E-state index < -0.39 is 0 Å². The molecule has 0 bridgehead atoms. The quantitative estimate of drug-likeness (QED) is 0.247. The number of fused-ring (bicyclic) bond motifs is 2. The van der Waals surface area contributed by atoms with Crippen LogP contribution in [-0.2, 0) is 29.0 Å². The zero-order chi connectivity index (χ0) is 32.3. The average Bonchev–Trinajstić information content (AvgIpc) is 3.08. The molecule has 0 unspecified atom stereocenters. The Labute approximate surface area is 276 Å². The lowest BCUT2D eigenvalue weighted by Crippen LogP contribution is -2.58. The van der Waals surface area contributed by atoms with E-state index in [2.05, 4.69) is 70.1 Å². The summed E-state index contributed by atoms with van der Waals surface area (Å²) in [6.45, 7) is 6.33. The highest BCUT2D eigenvalue weighted by Crippen LogP contribution is 2.37. The fourth-order valence-electron chi connectivity index (χ4n) is 6.60. The number of anilines is 3. The number of benzene rings is 3. The van der Waals surface area contributed by atoms with E-state index in [-0.39, 0.29) is 19.5 Å². The number of methoxy groups -OCH3 is 1. The van der Waals surface area contributed by atoms with Crippen LogP contribution in [0.1, 0.15) is 16.8 Å². The van der Waals surface area contributed by atoms with Crippen molar-refractivity contribution in [3.63, 3.8) is 0 Å². The van der Waals surface area contributed by atoms with Gasteiger partial charge in [0.15, 0.2) is 6.79 Å². The standard InChI is InChI=1S/C36H43N7O4/c1-39(2)28-21-43(22-28)35-37-32-23-42(33-20-29(47-25-45-3)19-27-11-7-8-12-30(27)33)14-13-31(32)34(38-35)40-15-17-41(18-16-40)36(44)46-24-26-9-5-4-6-10-26/h4-12,19-20,28H,13-18,21-25H2,1-3H3. The second kappa shape index (κ2) is 13.6. The van der Waals surface area contributed by atoms with Crippen LogP contribution in [0.25, 0.3) is 10.8 Å². The van der Waals surface area contributed by atoms with Gasteiger partial charge in [-0.25, -0.2) is 9.78 Å². The topological polar surface area (TPSA) is 86.7 Å². The first-order valence-corrected chi connectivity index (χ1v) is 16.4. The maximum absolute atomic E-state index is 12.9. The van der Waals surface area contributed by atoms with Gasteiger partial charge in [0, 0.05) is 81.7 Å². The lowest BCUT2D eigenvalue weighted by atomic mass is 10.0. The molecule has 3 aromatic carbocycles. The van der Waals surface area contributed by atoms with Crippen molar-refractivity contribution in [3.05, 3.63) is 83.6 Å². The van der Waals surface area contributed by atoms with Gasteiger partial charge in [-0.05, 0) is 37.5 Å². The molecule has 11 heteroatoms. The number of aromatic nitrogens is 2. The summed E-state index contributed by atoms with van der Waals surface area (Å²) < 4.78 is 16.7. The molecule has 0 N–H and O–H groups in total. The van der Waals surface area contributed by atoms with Crippen molar-refractivity contribution in [2.45, 2.75) is 25.6 Å². The predicted molar refractivity (Wildman–Crippen MR) is 183 cm³/mol. The van der Waals surface area contributed by atoms with Gasteiger partial charge in [-0.3, -0.25) is 0 Å². The Balaban J connectivity index is 1.13. The van der Waals surface area contributed by atoms with Crippen LogP contribution in [0.3, 0.4) is 0 Å². The zero-order valence-corrected chi connectivity index (χ0v) is 27.5. The van der Waals surface area contributed by atoms with Crippen LogP contribution in [0.15, 0.2) is 66.7 Å². The summed E-state index contributed by atoms with van der Waals surface area (Å²) in [5.41, 5.74) is 4.37. The molecule has 0 radical (unpaired) electrons. The fraction of sp³-hybridized carbons (Fsp3) is 0.417. The number of hydrogen-bond acceptors (Lipinski definition) is 10. The minimum atomic E-state index is -0.270. The Morgan fingerprint density at radius 2 is 1.66 bits per heavy atom. The van der Waals surface area contributed by atoms with Gasteiger partial charge in [-0.2, -0.15) is 4.98 Å². The van der Waals surface area contributed by atoms with Gasteiger partial charge in [0.05, 0.1) is 12.2 Å². The number of rotatable bonds is 9. The minimum Gasteiger partial charge on any atom is -0.467 e. The molecule has 2 saturated heterocycles. The summed E-state index contributed by atoms with van der Waals surface area (Å²) in [6.07, 6.45) is 0.552. The summed E-state index contributed by atoms with van der Waals surface area (Å²) >= 11 is 0. The Hall–Kier alpha value is -4.61. The third-order valence-electron chi connectivity index (χ3n) is 9.45. The SMILES string of the molecule is COCOc1cc(N2CCc3c(nc(N4CC(N(C)C)C4)nc3N3CCN(C(=O)OCc4ccccc4)CC3)C2)c2ccccc2c1. The lowest BCUT2D eigenvalue weighted by molar-refractivity contribution is 0.0512. The summed E-state index contributed by atoms with van der Waals surface area (Å²) in [5, 5.41) is 2.31. The first-order chi connectivity index (χ1) is 23.0. The largest absolute Gasteiger partial charge is 0.467 e. The predicted octanol–water partition coefficient (Wildman–Crippen LogP) is 4.38. The van der Waals surface area contributed by atoms with Gasteiger partial charge >= 0.3 is 6.09 Å². The van der Waals surface area contributed by atoms with Gasteiger partial charge in [0.25, 0.3) is 0 Å². The average molecular weight is 638 g/mol. The summed E-state index contributed by atoms with van der Waals surface area (Å²) in [5.74, 6) is 2.56. The van der Waals surface area contributed by atoms with Crippen LogP contribution in [0, 0.1) is 0 Å². The number of ether oxygens (including phenoxy) is 3. The molecule has 11 nitrogen and oxygen atoms in total. The van der Waals surface area contributed by atoms with Gasteiger partial charge in [0.1, 0.15) is 18.2 Å². The van der Waals surface area contributed by atoms with Crippen molar-refractivity contribution < 1.29 is 19.0 Å². The third-order valence-corrected chi connectivity index (χ3v) is 9.45. The van der Waals surface area contributed by atoms with Crippen molar-refractivity contribution >= 4 is 34.3 Å².